The molecule has 1 aliphatic rings. The van der Waals surface area contributed by atoms with Gasteiger partial charge in [-0.1, -0.05) is 0 Å². The first-order chi connectivity index (χ1) is 6.88. The van der Waals surface area contributed by atoms with Crippen molar-refractivity contribution in [2.75, 3.05) is 32.6 Å². The average Bonchev–Trinajstić information content (AvgIpc) is 2.21. The molecule has 1 rings (SSSR count). The molecular weight excluding hydrogens is 216 g/mol. The predicted molar refractivity (Wildman–Crippen MR) is 58.7 cm³/mol. The molecule has 0 atom stereocenters. The molecule has 1 fully saturated rings. The van der Waals surface area contributed by atoms with Crippen molar-refractivity contribution < 1.29 is 9.59 Å². The van der Waals surface area contributed by atoms with Crippen LogP contribution in [0.1, 0.15) is 13.8 Å². The quantitative estimate of drug-likeness (QED) is 0.653. The van der Waals surface area contributed by atoms with E-state index in [9.17, 15) is 9.59 Å². The number of likely N-dealkylation sites (N-methyl/N-ethyl adjacent to an activating group) is 1. The Morgan fingerprint density at radius 3 is 2.53 bits per heavy atom. The van der Waals surface area contributed by atoms with Crippen LogP contribution in [-0.2, 0) is 9.59 Å². The SMILES string of the molecule is CN1CCN(C(=O)C(C)(C)CCl)CC1=O. The Morgan fingerprint density at radius 1 is 1.47 bits per heavy atom. The van der Waals surface area contributed by atoms with Crippen molar-refractivity contribution >= 4 is 23.4 Å². The summed E-state index contributed by atoms with van der Waals surface area (Å²) in [5.41, 5.74) is -0.586. The van der Waals surface area contributed by atoms with Crippen LogP contribution in [0.15, 0.2) is 0 Å². The van der Waals surface area contributed by atoms with Gasteiger partial charge in [0.05, 0.1) is 12.0 Å². The van der Waals surface area contributed by atoms with Crippen molar-refractivity contribution in [1.82, 2.24) is 9.80 Å². The fourth-order valence-electron chi connectivity index (χ4n) is 1.42. The normalized spacial score (nSPS) is 18.3. The van der Waals surface area contributed by atoms with Gasteiger partial charge in [-0.2, -0.15) is 0 Å². The van der Waals surface area contributed by atoms with Crippen LogP contribution in [0.5, 0.6) is 0 Å². The average molecular weight is 233 g/mol. The number of alkyl halides is 1. The van der Waals surface area contributed by atoms with Crippen molar-refractivity contribution in [2.24, 2.45) is 5.41 Å². The Kier molecular flexibility index (Phi) is 3.60. The van der Waals surface area contributed by atoms with E-state index in [1.165, 1.54) is 0 Å². The number of hydrogen-bond acceptors (Lipinski definition) is 2. The van der Waals surface area contributed by atoms with Crippen molar-refractivity contribution in [3.8, 4) is 0 Å². The molecule has 1 aliphatic heterocycles. The summed E-state index contributed by atoms with van der Waals surface area (Å²) in [6.45, 7) is 4.97. The number of piperazine rings is 1. The van der Waals surface area contributed by atoms with Crippen molar-refractivity contribution in [1.29, 1.82) is 0 Å². The topological polar surface area (TPSA) is 40.6 Å². The van der Waals surface area contributed by atoms with Gasteiger partial charge in [0.25, 0.3) is 0 Å². The summed E-state index contributed by atoms with van der Waals surface area (Å²) in [5.74, 6) is 0.214. The van der Waals surface area contributed by atoms with Gasteiger partial charge in [-0.05, 0) is 13.8 Å². The maximum atomic E-state index is 12.0. The molecule has 0 radical (unpaired) electrons. The highest BCUT2D eigenvalue weighted by molar-refractivity contribution is 6.19. The molecule has 0 bridgehead atoms. The Morgan fingerprint density at radius 2 is 2.07 bits per heavy atom. The molecule has 86 valence electrons. The minimum atomic E-state index is -0.586. The highest BCUT2D eigenvalue weighted by Crippen LogP contribution is 2.21. The van der Waals surface area contributed by atoms with Gasteiger partial charge < -0.3 is 9.80 Å². The molecule has 2 amide bonds. The van der Waals surface area contributed by atoms with E-state index in [1.54, 1.807) is 30.7 Å². The van der Waals surface area contributed by atoms with Gasteiger partial charge in [0.2, 0.25) is 11.8 Å². The molecule has 15 heavy (non-hydrogen) atoms. The molecule has 1 heterocycles. The Labute approximate surface area is 95.2 Å². The fourth-order valence-corrected chi connectivity index (χ4v) is 1.53. The molecule has 0 aliphatic carbocycles. The van der Waals surface area contributed by atoms with Gasteiger partial charge in [-0.15, -0.1) is 11.6 Å². The lowest BCUT2D eigenvalue weighted by Gasteiger charge is -2.36. The monoisotopic (exact) mass is 232 g/mol. The van der Waals surface area contributed by atoms with Crippen LogP contribution in [0, 0.1) is 5.41 Å². The van der Waals surface area contributed by atoms with Crippen LogP contribution in [0.4, 0.5) is 0 Å². The largest absolute Gasteiger partial charge is 0.342 e. The lowest BCUT2D eigenvalue weighted by atomic mass is 9.94. The van der Waals surface area contributed by atoms with Crippen LogP contribution >= 0.6 is 11.6 Å². The van der Waals surface area contributed by atoms with Crippen molar-refractivity contribution in [2.45, 2.75) is 13.8 Å². The Hall–Kier alpha value is -0.770. The Balaban J connectivity index is 2.67. The van der Waals surface area contributed by atoms with E-state index in [2.05, 4.69) is 0 Å². The van der Waals surface area contributed by atoms with Crippen LogP contribution in [0.2, 0.25) is 0 Å². The molecule has 1 saturated heterocycles. The first-order valence-corrected chi connectivity index (χ1v) is 5.51. The number of halogens is 1. The van der Waals surface area contributed by atoms with Gasteiger partial charge in [0.15, 0.2) is 0 Å². The summed E-state index contributed by atoms with van der Waals surface area (Å²) >= 11 is 5.73. The third-order valence-electron chi connectivity index (χ3n) is 2.66. The van der Waals surface area contributed by atoms with Crippen LogP contribution in [0.25, 0.3) is 0 Å². The molecule has 0 spiro atoms. The maximum absolute atomic E-state index is 12.0. The summed E-state index contributed by atoms with van der Waals surface area (Å²) in [6, 6.07) is 0. The number of rotatable bonds is 2. The van der Waals surface area contributed by atoms with Crippen molar-refractivity contribution in [3.63, 3.8) is 0 Å². The van der Waals surface area contributed by atoms with Crippen LogP contribution in [0.3, 0.4) is 0 Å². The maximum Gasteiger partial charge on any atom is 0.241 e. The smallest absolute Gasteiger partial charge is 0.241 e. The molecule has 0 aromatic heterocycles. The molecule has 0 unspecified atom stereocenters. The number of hydrogen-bond donors (Lipinski definition) is 0. The number of carbonyl (C=O) groups is 2. The highest BCUT2D eigenvalue weighted by Gasteiger charge is 2.34. The van der Waals surface area contributed by atoms with Crippen molar-refractivity contribution in [3.05, 3.63) is 0 Å². The third-order valence-corrected chi connectivity index (χ3v) is 3.33. The zero-order valence-corrected chi connectivity index (χ0v) is 10.2. The third kappa shape index (κ3) is 2.62. The van der Waals surface area contributed by atoms with Gasteiger partial charge in [-0.25, -0.2) is 0 Å². The molecule has 0 aromatic rings. The van der Waals surface area contributed by atoms with Gasteiger partial charge in [0, 0.05) is 26.0 Å². The van der Waals surface area contributed by atoms with Gasteiger partial charge in [0.1, 0.15) is 0 Å². The molecular formula is C10H17ClN2O2. The van der Waals surface area contributed by atoms with E-state index >= 15 is 0 Å². The van der Waals surface area contributed by atoms with E-state index in [4.69, 9.17) is 11.6 Å². The first-order valence-electron chi connectivity index (χ1n) is 4.98. The van der Waals surface area contributed by atoms with E-state index in [0.717, 1.165) is 0 Å². The summed E-state index contributed by atoms with van der Waals surface area (Å²) in [7, 11) is 1.75. The molecule has 0 N–H and O–H groups in total. The van der Waals surface area contributed by atoms with Gasteiger partial charge >= 0.3 is 0 Å². The second-order valence-electron chi connectivity index (χ2n) is 4.56. The number of nitrogens with zero attached hydrogens (tertiary/aromatic N) is 2. The zero-order chi connectivity index (χ0) is 11.6. The summed E-state index contributed by atoms with van der Waals surface area (Å²) in [6.07, 6.45) is 0. The van der Waals surface area contributed by atoms with E-state index < -0.39 is 5.41 Å². The highest BCUT2D eigenvalue weighted by atomic mass is 35.5. The second-order valence-corrected chi connectivity index (χ2v) is 4.83. The van der Waals surface area contributed by atoms with Gasteiger partial charge in [-0.3, -0.25) is 9.59 Å². The molecule has 4 nitrogen and oxygen atoms in total. The lowest BCUT2D eigenvalue weighted by Crippen LogP contribution is -2.54. The van der Waals surface area contributed by atoms with E-state index in [1.807, 2.05) is 0 Å². The van der Waals surface area contributed by atoms with Crippen LogP contribution < -0.4 is 0 Å². The lowest BCUT2D eigenvalue weighted by molar-refractivity contribution is -0.148. The van der Waals surface area contributed by atoms with E-state index in [-0.39, 0.29) is 24.2 Å². The van der Waals surface area contributed by atoms with E-state index in [0.29, 0.717) is 13.1 Å². The zero-order valence-electron chi connectivity index (χ0n) is 9.42. The van der Waals surface area contributed by atoms with Crippen LogP contribution in [-0.4, -0.2) is 54.2 Å². The number of carbonyl (C=O) groups excluding carboxylic acids is 2. The molecule has 0 aromatic carbocycles. The summed E-state index contributed by atoms with van der Waals surface area (Å²) in [5, 5.41) is 0. The second kappa shape index (κ2) is 4.39. The molecule has 0 saturated carbocycles. The predicted octanol–water partition coefficient (Wildman–Crippen LogP) is 0.552. The summed E-state index contributed by atoms with van der Waals surface area (Å²) in [4.78, 5) is 26.6. The summed E-state index contributed by atoms with van der Waals surface area (Å²) < 4.78 is 0. The minimum Gasteiger partial charge on any atom is -0.342 e. The standard InChI is InChI=1S/C10H17ClN2O2/c1-10(2,7-11)9(15)13-5-4-12(3)8(14)6-13/h4-7H2,1-3H3. The first kappa shape index (κ1) is 12.3. The fraction of sp³-hybridized carbons (Fsp3) is 0.800. The molecule has 5 heteroatoms. The number of amides is 2. The Bertz CT molecular complexity index is 279. The minimum absolute atomic E-state index is 0.0139.